The summed E-state index contributed by atoms with van der Waals surface area (Å²) in [5, 5.41) is 9.95. The van der Waals surface area contributed by atoms with Crippen molar-refractivity contribution in [3.8, 4) is 17.6 Å². The minimum Gasteiger partial charge on any atom is -0.493 e. The number of nitriles is 1. The lowest BCUT2D eigenvalue weighted by atomic mass is 9.76. The monoisotopic (exact) mass is 571 g/mol. The Morgan fingerprint density at radius 1 is 1.21 bits per heavy atom. The minimum absolute atomic E-state index is 0.0546. The summed E-state index contributed by atoms with van der Waals surface area (Å²) < 4.78 is 13.4. The van der Waals surface area contributed by atoms with E-state index in [9.17, 15) is 10.1 Å². The number of benzene rings is 2. The molecule has 2 aromatic rings. The van der Waals surface area contributed by atoms with Gasteiger partial charge >= 0.3 is 0 Å². The highest BCUT2D eigenvalue weighted by Crippen LogP contribution is 2.47. The zero-order valence-electron chi connectivity index (χ0n) is 18.3. The second-order valence-corrected chi connectivity index (χ2v) is 9.76. The standard InChI is InChI=1S/C25H23Br2N3O3/c1-30-19-4-3-5-20(31)23(19)22(17(12-28)25(30)29)15-10-18(27)24(21(11-15)32-2)33-13-14-6-8-16(26)9-7-14/h6-11,22H,3-5,13,29H2,1-2H3/t22-/m1/s1. The summed E-state index contributed by atoms with van der Waals surface area (Å²) >= 11 is 7.04. The van der Waals surface area contributed by atoms with Gasteiger partial charge in [0.05, 0.1) is 29.1 Å². The largest absolute Gasteiger partial charge is 0.493 e. The number of Topliss-reactive ketones (excluding diaryl/α,β-unsaturated/α-hetero) is 1. The third-order valence-corrected chi connectivity index (χ3v) is 7.17. The van der Waals surface area contributed by atoms with Crippen molar-refractivity contribution in [1.82, 2.24) is 4.90 Å². The highest BCUT2D eigenvalue weighted by Gasteiger charge is 2.39. The van der Waals surface area contributed by atoms with Crippen LogP contribution >= 0.6 is 31.9 Å². The predicted octanol–water partition coefficient (Wildman–Crippen LogP) is 5.53. The Hall–Kier alpha value is -2.76. The first-order valence-corrected chi connectivity index (χ1v) is 12.1. The summed E-state index contributed by atoms with van der Waals surface area (Å²) in [6.07, 6.45) is 1.99. The van der Waals surface area contributed by atoms with Gasteiger partial charge in [-0.2, -0.15) is 5.26 Å². The molecule has 0 aromatic heterocycles. The molecule has 0 saturated heterocycles. The Balaban J connectivity index is 1.75. The van der Waals surface area contributed by atoms with Gasteiger partial charge in [-0.1, -0.05) is 28.1 Å². The summed E-state index contributed by atoms with van der Waals surface area (Å²) in [5.74, 6) is 0.953. The van der Waals surface area contributed by atoms with Gasteiger partial charge in [0.25, 0.3) is 0 Å². The van der Waals surface area contributed by atoms with E-state index in [1.807, 2.05) is 43.4 Å². The molecular formula is C25H23Br2N3O3. The predicted molar refractivity (Wildman–Crippen MR) is 132 cm³/mol. The van der Waals surface area contributed by atoms with Crippen molar-refractivity contribution >= 4 is 37.6 Å². The average molecular weight is 573 g/mol. The maximum absolute atomic E-state index is 13.0. The molecule has 170 valence electrons. The third-order valence-electron chi connectivity index (χ3n) is 6.05. The van der Waals surface area contributed by atoms with Gasteiger partial charge in [0.2, 0.25) is 0 Å². The molecule has 0 radical (unpaired) electrons. The van der Waals surface area contributed by atoms with Crippen molar-refractivity contribution in [1.29, 1.82) is 5.26 Å². The fraction of sp³-hybridized carbons (Fsp3) is 0.280. The van der Waals surface area contributed by atoms with E-state index >= 15 is 0 Å². The van der Waals surface area contributed by atoms with Crippen molar-refractivity contribution in [2.45, 2.75) is 31.8 Å². The number of methoxy groups -OCH3 is 1. The van der Waals surface area contributed by atoms with Crippen molar-refractivity contribution in [2.75, 3.05) is 14.2 Å². The fourth-order valence-corrected chi connectivity index (χ4v) is 5.22. The fourth-order valence-electron chi connectivity index (χ4n) is 4.38. The van der Waals surface area contributed by atoms with Crippen LogP contribution in [0.3, 0.4) is 0 Å². The molecule has 1 heterocycles. The maximum Gasteiger partial charge on any atom is 0.175 e. The Labute approximate surface area is 209 Å². The first-order valence-electron chi connectivity index (χ1n) is 10.5. The van der Waals surface area contributed by atoms with E-state index < -0.39 is 5.92 Å². The zero-order valence-corrected chi connectivity index (χ0v) is 21.5. The van der Waals surface area contributed by atoms with Crippen LogP contribution < -0.4 is 15.2 Å². The molecule has 1 aliphatic heterocycles. The van der Waals surface area contributed by atoms with Gasteiger partial charge in [0, 0.05) is 29.2 Å². The number of carbonyl (C=O) groups excluding carboxylic acids is 1. The molecule has 0 spiro atoms. The van der Waals surface area contributed by atoms with Gasteiger partial charge in [-0.15, -0.1) is 0 Å². The van der Waals surface area contributed by atoms with Gasteiger partial charge in [-0.25, -0.2) is 0 Å². The Bertz CT molecular complexity index is 1210. The molecular weight excluding hydrogens is 550 g/mol. The van der Waals surface area contributed by atoms with Crippen LogP contribution in [0.1, 0.15) is 36.3 Å². The number of hydrogen-bond donors (Lipinski definition) is 1. The summed E-state index contributed by atoms with van der Waals surface area (Å²) in [6, 6.07) is 13.8. The molecule has 2 N–H and O–H groups in total. The molecule has 2 aliphatic rings. The van der Waals surface area contributed by atoms with E-state index in [-0.39, 0.29) is 5.78 Å². The molecule has 0 saturated carbocycles. The number of halogens is 2. The highest BCUT2D eigenvalue weighted by molar-refractivity contribution is 9.10. The van der Waals surface area contributed by atoms with Crippen molar-refractivity contribution in [3.05, 3.63) is 79.1 Å². The van der Waals surface area contributed by atoms with Crippen LogP contribution in [0.15, 0.2) is 68.0 Å². The van der Waals surface area contributed by atoms with E-state index in [0.29, 0.717) is 46.0 Å². The third kappa shape index (κ3) is 4.40. The van der Waals surface area contributed by atoms with E-state index in [4.69, 9.17) is 15.2 Å². The average Bonchev–Trinajstić information content (AvgIpc) is 2.81. The molecule has 1 atom stereocenters. The molecule has 0 fully saturated rings. The first-order chi connectivity index (χ1) is 15.8. The number of hydrogen-bond acceptors (Lipinski definition) is 6. The second-order valence-electron chi connectivity index (χ2n) is 7.99. The summed E-state index contributed by atoms with van der Waals surface area (Å²) in [4.78, 5) is 14.8. The molecule has 33 heavy (non-hydrogen) atoms. The van der Waals surface area contributed by atoms with Gasteiger partial charge in [0.15, 0.2) is 17.3 Å². The quantitative estimate of drug-likeness (QED) is 0.507. The van der Waals surface area contributed by atoms with Crippen LogP contribution in [0.2, 0.25) is 0 Å². The van der Waals surface area contributed by atoms with Crippen LogP contribution in [-0.2, 0) is 11.4 Å². The van der Waals surface area contributed by atoms with E-state index in [1.165, 1.54) is 0 Å². The molecule has 0 amide bonds. The van der Waals surface area contributed by atoms with Gasteiger partial charge in [0.1, 0.15) is 12.4 Å². The lowest BCUT2D eigenvalue weighted by Crippen LogP contribution is -2.36. The van der Waals surface area contributed by atoms with E-state index in [2.05, 4.69) is 37.9 Å². The van der Waals surface area contributed by atoms with Gasteiger partial charge in [-0.05, 0) is 64.2 Å². The maximum atomic E-state index is 13.0. The second kappa shape index (κ2) is 9.62. The van der Waals surface area contributed by atoms with Crippen molar-refractivity contribution in [3.63, 3.8) is 0 Å². The summed E-state index contributed by atoms with van der Waals surface area (Å²) in [7, 11) is 3.38. The lowest BCUT2D eigenvalue weighted by Gasteiger charge is -2.37. The zero-order chi connectivity index (χ0) is 23.7. The molecule has 0 bridgehead atoms. The Morgan fingerprint density at radius 3 is 2.61 bits per heavy atom. The van der Waals surface area contributed by atoms with E-state index in [0.717, 1.165) is 34.1 Å². The summed E-state index contributed by atoms with van der Waals surface area (Å²) in [6.45, 7) is 0.361. The Morgan fingerprint density at radius 2 is 1.94 bits per heavy atom. The van der Waals surface area contributed by atoms with Crippen LogP contribution in [-0.4, -0.2) is 24.8 Å². The number of nitrogens with two attached hydrogens (primary N) is 1. The Kier molecular flexibility index (Phi) is 6.82. The number of nitrogens with zero attached hydrogens (tertiary/aromatic N) is 2. The number of rotatable bonds is 5. The highest BCUT2D eigenvalue weighted by atomic mass is 79.9. The molecule has 6 nitrogen and oxygen atoms in total. The topological polar surface area (TPSA) is 88.6 Å². The van der Waals surface area contributed by atoms with Crippen molar-refractivity contribution in [2.24, 2.45) is 5.73 Å². The summed E-state index contributed by atoms with van der Waals surface area (Å²) in [5.41, 5.74) is 10.0. The molecule has 4 rings (SSSR count). The van der Waals surface area contributed by atoms with Gasteiger partial charge < -0.3 is 20.1 Å². The normalized spacial score (nSPS) is 18.2. The smallest absolute Gasteiger partial charge is 0.175 e. The number of ether oxygens (including phenoxy) is 2. The lowest BCUT2D eigenvalue weighted by molar-refractivity contribution is -0.116. The van der Waals surface area contributed by atoms with Crippen molar-refractivity contribution < 1.29 is 14.3 Å². The minimum atomic E-state index is -0.542. The number of carbonyl (C=O) groups is 1. The van der Waals surface area contributed by atoms with Crippen LogP contribution in [0.4, 0.5) is 0 Å². The van der Waals surface area contributed by atoms with Crippen LogP contribution in [0.5, 0.6) is 11.5 Å². The SMILES string of the molecule is COc1cc([C@@H]2C(C#N)=C(N)N(C)C3=C2C(=O)CCC3)cc(Br)c1OCc1ccc(Br)cc1. The van der Waals surface area contributed by atoms with Crippen LogP contribution in [0, 0.1) is 11.3 Å². The number of allylic oxidation sites excluding steroid dienone is 3. The van der Waals surface area contributed by atoms with E-state index in [1.54, 1.807) is 12.0 Å². The number of ketones is 1. The molecule has 2 aromatic carbocycles. The first kappa shape index (κ1) is 23.4. The molecule has 0 unspecified atom stereocenters. The molecule has 8 heteroatoms. The van der Waals surface area contributed by atoms with Crippen LogP contribution in [0.25, 0.3) is 0 Å². The van der Waals surface area contributed by atoms with Gasteiger partial charge in [-0.3, -0.25) is 4.79 Å². The molecule has 1 aliphatic carbocycles.